The van der Waals surface area contributed by atoms with Gasteiger partial charge in [-0.1, -0.05) is 41.7 Å². The van der Waals surface area contributed by atoms with Gasteiger partial charge in [-0.2, -0.15) is 10.1 Å². The number of carbonyl (C=O) groups is 1. The highest BCUT2D eigenvalue weighted by Crippen LogP contribution is 2.32. The Morgan fingerprint density at radius 2 is 1.73 bits per heavy atom. The van der Waals surface area contributed by atoms with Crippen molar-refractivity contribution in [3.05, 3.63) is 65.9 Å². The van der Waals surface area contributed by atoms with Crippen LogP contribution < -0.4 is 9.80 Å². The molecule has 0 saturated carbocycles. The summed E-state index contributed by atoms with van der Waals surface area (Å²) in [4.78, 5) is 24.1. The number of carbonyl (C=O) groups excluding carboxylic acids is 1. The maximum Gasteiger partial charge on any atom is 0.242 e. The highest BCUT2D eigenvalue weighted by molar-refractivity contribution is 7.22. The van der Waals surface area contributed by atoms with Gasteiger partial charge in [-0.3, -0.25) is 4.79 Å². The van der Waals surface area contributed by atoms with Gasteiger partial charge in [0.2, 0.25) is 5.91 Å². The number of para-hydroxylation sites is 1. The van der Waals surface area contributed by atoms with Gasteiger partial charge in [-0.05, 0) is 43.7 Å². The Bertz CT molecular complexity index is 1270. The second kappa shape index (κ2) is 8.86. The standard InChI is InChI=1S/C25H28N6OS/c1-18-8-7-11-21(16-18)31-24-23(19(2)27-31)33-25(26-24)28(3)17-22(32)30-14-12-29(13-15-30)20-9-5-4-6-10-20/h4-11,16H,12-15,17H2,1-3H3. The first-order chi connectivity index (χ1) is 16.0. The van der Waals surface area contributed by atoms with E-state index in [0.717, 1.165) is 53.0 Å². The molecule has 1 amide bonds. The average molecular weight is 461 g/mol. The summed E-state index contributed by atoms with van der Waals surface area (Å²) in [6, 6.07) is 18.6. The Morgan fingerprint density at radius 3 is 2.45 bits per heavy atom. The van der Waals surface area contributed by atoms with Crippen LogP contribution in [0.3, 0.4) is 0 Å². The summed E-state index contributed by atoms with van der Waals surface area (Å²) in [6.07, 6.45) is 0. The quantitative estimate of drug-likeness (QED) is 0.452. The molecule has 0 radical (unpaired) electrons. The number of aromatic nitrogens is 3. The number of fused-ring (bicyclic) bond motifs is 1. The monoisotopic (exact) mass is 460 g/mol. The molecule has 0 spiro atoms. The van der Waals surface area contributed by atoms with E-state index in [1.807, 2.05) is 46.7 Å². The lowest BCUT2D eigenvalue weighted by Crippen LogP contribution is -2.51. The van der Waals surface area contributed by atoms with Gasteiger partial charge in [0.1, 0.15) is 0 Å². The van der Waals surface area contributed by atoms with Crippen molar-refractivity contribution in [2.24, 2.45) is 0 Å². The van der Waals surface area contributed by atoms with Crippen LogP contribution >= 0.6 is 11.3 Å². The summed E-state index contributed by atoms with van der Waals surface area (Å²) < 4.78 is 2.96. The number of anilines is 2. The molecule has 170 valence electrons. The van der Waals surface area contributed by atoms with Gasteiger partial charge in [0.05, 0.1) is 22.6 Å². The minimum atomic E-state index is 0.140. The van der Waals surface area contributed by atoms with Crippen LogP contribution in [0.1, 0.15) is 11.3 Å². The number of hydrogen-bond acceptors (Lipinski definition) is 6. The van der Waals surface area contributed by atoms with Crippen LogP contribution in [-0.2, 0) is 4.79 Å². The molecule has 4 aromatic rings. The molecule has 0 unspecified atom stereocenters. The number of likely N-dealkylation sites (N-methyl/N-ethyl adjacent to an activating group) is 1. The first kappa shape index (κ1) is 21.5. The fourth-order valence-corrected chi connectivity index (χ4v) is 5.20. The van der Waals surface area contributed by atoms with Crippen LogP contribution in [0.5, 0.6) is 0 Å². The van der Waals surface area contributed by atoms with Gasteiger partial charge in [0, 0.05) is 38.9 Å². The van der Waals surface area contributed by atoms with Gasteiger partial charge in [-0.25, -0.2) is 4.68 Å². The van der Waals surface area contributed by atoms with E-state index in [4.69, 9.17) is 10.1 Å². The molecule has 0 aliphatic carbocycles. The van der Waals surface area contributed by atoms with Crippen molar-refractivity contribution in [3.63, 3.8) is 0 Å². The average Bonchev–Trinajstić information content (AvgIpc) is 3.40. The van der Waals surface area contributed by atoms with Crippen molar-refractivity contribution >= 4 is 38.4 Å². The van der Waals surface area contributed by atoms with Crippen molar-refractivity contribution in [3.8, 4) is 5.69 Å². The molecular weight excluding hydrogens is 432 g/mol. The molecule has 0 N–H and O–H groups in total. The summed E-state index contributed by atoms with van der Waals surface area (Å²) in [6.45, 7) is 7.58. The summed E-state index contributed by atoms with van der Waals surface area (Å²) in [7, 11) is 1.94. The lowest BCUT2D eigenvalue weighted by atomic mass is 10.2. The van der Waals surface area contributed by atoms with E-state index in [9.17, 15) is 4.79 Å². The van der Waals surface area contributed by atoms with E-state index in [2.05, 4.69) is 48.2 Å². The van der Waals surface area contributed by atoms with Crippen LogP contribution in [0, 0.1) is 13.8 Å². The van der Waals surface area contributed by atoms with Gasteiger partial charge < -0.3 is 14.7 Å². The summed E-state index contributed by atoms with van der Waals surface area (Å²) in [5.41, 5.74) is 5.19. The fraction of sp³-hybridized carbons (Fsp3) is 0.320. The number of piperazine rings is 1. The van der Waals surface area contributed by atoms with E-state index < -0.39 is 0 Å². The van der Waals surface area contributed by atoms with Gasteiger partial charge in [0.25, 0.3) is 0 Å². The van der Waals surface area contributed by atoms with Gasteiger partial charge in [-0.15, -0.1) is 0 Å². The van der Waals surface area contributed by atoms with Crippen molar-refractivity contribution in [2.75, 3.05) is 49.6 Å². The molecule has 1 aliphatic rings. The second-order valence-electron chi connectivity index (χ2n) is 8.54. The Kier molecular flexibility index (Phi) is 5.76. The van der Waals surface area contributed by atoms with Crippen molar-refractivity contribution in [1.82, 2.24) is 19.7 Å². The molecule has 0 atom stereocenters. The molecule has 33 heavy (non-hydrogen) atoms. The lowest BCUT2D eigenvalue weighted by molar-refractivity contribution is -0.129. The number of aryl methyl sites for hydroxylation is 2. The maximum absolute atomic E-state index is 13.0. The first-order valence-corrected chi connectivity index (χ1v) is 12.0. The third kappa shape index (κ3) is 4.30. The van der Waals surface area contributed by atoms with E-state index >= 15 is 0 Å². The Labute approximate surface area is 197 Å². The van der Waals surface area contributed by atoms with Crippen molar-refractivity contribution in [1.29, 1.82) is 0 Å². The van der Waals surface area contributed by atoms with Crippen LogP contribution in [0.25, 0.3) is 16.0 Å². The highest BCUT2D eigenvalue weighted by Gasteiger charge is 2.24. The summed E-state index contributed by atoms with van der Waals surface area (Å²) >= 11 is 1.59. The smallest absolute Gasteiger partial charge is 0.242 e. The van der Waals surface area contributed by atoms with E-state index in [-0.39, 0.29) is 5.91 Å². The molecule has 1 aliphatic heterocycles. The number of benzene rings is 2. The molecule has 2 aromatic carbocycles. The first-order valence-electron chi connectivity index (χ1n) is 11.2. The van der Waals surface area contributed by atoms with Crippen LogP contribution in [0.15, 0.2) is 54.6 Å². The van der Waals surface area contributed by atoms with Crippen LogP contribution in [-0.4, -0.2) is 65.3 Å². The lowest BCUT2D eigenvalue weighted by Gasteiger charge is -2.36. The zero-order valence-electron chi connectivity index (χ0n) is 19.2. The fourth-order valence-electron chi connectivity index (χ4n) is 4.25. The number of rotatable bonds is 5. The number of hydrogen-bond donors (Lipinski definition) is 0. The molecule has 3 heterocycles. The third-order valence-electron chi connectivity index (χ3n) is 6.08. The second-order valence-corrected chi connectivity index (χ2v) is 9.52. The van der Waals surface area contributed by atoms with Crippen molar-refractivity contribution < 1.29 is 4.79 Å². The molecule has 5 rings (SSSR count). The topological polar surface area (TPSA) is 57.5 Å². The van der Waals surface area contributed by atoms with Gasteiger partial charge >= 0.3 is 0 Å². The maximum atomic E-state index is 13.0. The van der Waals surface area contributed by atoms with E-state index in [0.29, 0.717) is 6.54 Å². The third-order valence-corrected chi connectivity index (χ3v) is 7.34. The SMILES string of the molecule is Cc1cccc(-n2nc(C)c3sc(N(C)CC(=O)N4CCN(c5ccccc5)CC4)nc32)c1. The highest BCUT2D eigenvalue weighted by atomic mass is 32.1. The number of thiazole rings is 1. The zero-order valence-corrected chi connectivity index (χ0v) is 20.0. The predicted molar refractivity (Wildman–Crippen MR) is 135 cm³/mol. The molecule has 7 nitrogen and oxygen atoms in total. The zero-order chi connectivity index (χ0) is 22.9. The summed E-state index contributed by atoms with van der Waals surface area (Å²) in [5.74, 6) is 0.140. The predicted octanol–water partition coefficient (Wildman–Crippen LogP) is 3.88. The van der Waals surface area contributed by atoms with Crippen LogP contribution in [0.2, 0.25) is 0 Å². The summed E-state index contributed by atoms with van der Waals surface area (Å²) in [5, 5.41) is 5.53. The molecule has 1 saturated heterocycles. The molecular formula is C25H28N6OS. The number of nitrogens with zero attached hydrogens (tertiary/aromatic N) is 6. The Hall–Kier alpha value is -3.39. The molecule has 8 heteroatoms. The van der Waals surface area contributed by atoms with E-state index in [1.165, 1.54) is 11.3 Å². The molecule has 1 fully saturated rings. The minimum absolute atomic E-state index is 0.140. The Morgan fingerprint density at radius 1 is 1.00 bits per heavy atom. The molecule has 0 bridgehead atoms. The minimum Gasteiger partial charge on any atom is -0.368 e. The number of amides is 1. The van der Waals surface area contributed by atoms with Gasteiger partial charge in [0.15, 0.2) is 10.8 Å². The van der Waals surface area contributed by atoms with Crippen LogP contribution in [0.4, 0.5) is 10.8 Å². The normalized spacial score (nSPS) is 14.2. The largest absolute Gasteiger partial charge is 0.368 e. The van der Waals surface area contributed by atoms with Crippen molar-refractivity contribution in [2.45, 2.75) is 13.8 Å². The molecule has 2 aromatic heterocycles. The van der Waals surface area contributed by atoms with E-state index in [1.54, 1.807) is 11.3 Å². The Balaban J connectivity index is 1.27.